The van der Waals surface area contributed by atoms with E-state index in [9.17, 15) is 9.18 Å². The largest absolute Gasteiger partial charge is 0.360 e. The lowest BCUT2D eigenvalue weighted by molar-refractivity contribution is -0.128. The summed E-state index contributed by atoms with van der Waals surface area (Å²) >= 11 is 0. The highest BCUT2D eigenvalue weighted by Gasteiger charge is 2.51. The van der Waals surface area contributed by atoms with Crippen molar-refractivity contribution in [1.29, 1.82) is 5.26 Å². The van der Waals surface area contributed by atoms with Gasteiger partial charge in [0.05, 0.1) is 17.3 Å². The fourth-order valence-corrected chi connectivity index (χ4v) is 7.67. The summed E-state index contributed by atoms with van der Waals surface area (Å²) < 4.78 is 29.0. The molecule has 1 atom stereocenters. The minimum absolute atomic E-state index is 0.168. The van der Waals surface area contributed by atoms with Gasteiger partial charge in [-0.25, -0.2) is 13.8 Å². The van der Waals surface area contributed by atoms with Crippen LogP contribution in [0.25, 0.3) is 11.3 Å². The van der Waals surface area contributed by atoms with Crippen molar-refractivity contribution in [3.05, 3.63) is 82.9 Å². The quantitative estimate of drug-likeness (QED) is 0.614. The van der Waals surface area contributed by atoms with E-state index in [2.05, 4.69) is 11.4 Å². The second kappa shape index (κ2) is 8.37. The maximum Gasteiger partial charge on any atom is 0.271 e. The minimum Gasteiger partial charge on any atom is -0.360 e. The third-order valence-corrected chi connectivity index (χ3v) is 8.97. The van der Waals surface area contributed by atoms with E-state index in [1.54, 1.807) is 24.3 Å². The van der Waals surface area contributed by atoms with Gasteiger partial charge in [-0.1, -0.05) is 12.1 Å². The average Bonchev–Trinajstić information content (AvgIpc) is 2.88. The van der Waals surface area contributed by atoms with Gasteiger partial charge in [-0.3, -0.25) is 4.79 Å². The van der Waals surface area contributed by atoms with Crippen molar-refractivity contribution in [1.82, 2.24) is 10.3 Å². The van der Waals surface area contributed by atoms with Crippen molar-refractivity contribution in [2.24, 2.45) is 34.7 Å². The summed E-state index contributed by atoms with van der Waals surface area (Å²) in [5.41, 5.74) is 3.64. The fraction of sp³-hybridized carbons (Fsp3) is 0.367. The van der Waals surface area contributed by atoms with E-state index in [-0.39, 0.29) is 11.8 Å². The van der Waals surface area contributed by atoms with Crippen molar-refractivity contribution in [3.8, 4) is 6.07 Å². The molecule has 186 valence electrons. The second-order valence-electron chi connectivity index (χ2n) is 11.2. The number of halogens is 2. The molecule has 8 rings (SSSR count). The lowest BCUT2D eigenvalue weighted by Gasteiger charge is -2.55. The van der Waals surface area contributed by atoms with E-state index in [0.717, 1.165) is 54.9 Å². The van der Waals surface area contributed by atoms with Crippen LogP contribution in [0.1, 0.15) is 48.8 Å². The zero-order valence-electron chi connectivity index (χ0n) is 20.2. The minimum atomic E-state index is -0.624. The van der Waals surface area contributed by atoms with E-state index in [1.807, 2.05) is 6.08 Å². The zero-order valence-corrected chi connectivity index (χ0v) is 20.2. The van der Waals surface area contributed by atoms with Crippen LogP contribution in [0.2, 0.25) is 0 Å². The summed E-state index contributed by atoms with van der Waals surface area (Å²) in [6.07, 6.45) is 8.75. The molecule has 4 fully saturated rings. The van der Waals surface area contributed by atoms with Crippen molar-refractivity contribution in [2.45, 2.75) is 38.3 Å². The molecule has 2 aromatic carbocycles. The number of hydrogen-bond donors (Lipinski definition) is 1. The fourth-order valence-electron chi connectivity index (χ4n) is 7.67. The predicted molar refractivity (Wildman–Crippen MR) is 135 cm³/mol. The molecule has 1 unspecified atom stereocenters. The van der Waals surface area contributed by atoms with Crippen LogP contribution in [0, 0.1) is 52.6 Å². The Morgan fingerprint density at radius 1 is 0.973 bits per heavy atom. The third-order valence-electron chi connectivity index (χ3n) is 8.97. The molecular weight excluding hydrogens is 470 g/mol. The number of fused-ring (bicyclic) bond motifs is 1. The van der Waals surface area contributed by atoms with Gasteiger partial charge in [0, 0.05) is 34.9 Å². The molecule has 2 aliphatic heterocycles. The number of hydrogen-bond acceptors (Lipinski definition) is 4. The summed E-state index contributed by atoms with van der Waals surface area (Å²) in [6.45, 7) is 0. The van der Waals surface area contributed by atoms with Gasteiger partial charge in [0.25, 0.3) is 5.91 Å². The molecule has 2 aromatic rings. The molecule has 5 nitrogen and oxygen atoms in total. The Morgan fingerprint density at radius 2 is 1.68 bits per heavy atom. The summed E-state index contributed by atoms with van der Waals surface area (Å²) in [5, 5.41) is 18.9. The standard InChI is InChI=1S/C30H26F2N4O/c31-22-5-6-23(25(32)12-22)24-13-27-34-26(19-3-1-16(15-33)2-4-19)14-28(37)36(27)35-30(24)29-20-8-17-7-18(10-20)11-21(29)9-17/h1-6,12-14,17-18,20-21,27,29,34H,7-11H2. The molecule has 0 radical (unpaired) electrons. The van der Waals surface area contributed by atoms with Gasteiger partial charge in [0.15, 0.2) is 0 Å². The van der Waals surface area contributed by atoms with Crippen LogP contribution in [-0.4, -0.2) is 22.8 Å². The van der Waals surface area contributed by atoms with Crippen LogP contribution < -0.4 is 5.32 Å². The van der Waals surface area contributed by atoms with Crippen LogP contribution in [0.3, 0.4) is 0 Å². The smallest absolute Gasteiger partial charge is 0.271 e. The molecule has 4 aliphatic carbocycles. The first kappa shape index (κ1) is 22.4. The Morgan fingerprint density at radius 3 is 2.32 bits per heavy atom. The summed E-state index contributed by atoms with van der Waals surface area (Å²) in [5.74, 6) is 1.17. The Balaban J connectivity index is 1.31. The van der Waals surface area contributed by atoms with E-state index in [0.29, 0.717) is 34.2 Å². The van der Waals surface area contributed by atoms with Crippen molar-refractivity contribution < 1.29 is 13.6 Å². The van der Waals surface area contributed by atoms with Crippen molar-refractivity contribution in [2.75, 3.05) is 0 Å². The number of amides is 1. The maximum absolute atomic E-state index is 15.2. The monoisotopic (exact) mass is 496 g/mol. The second-order valence-corrected chi connectivity index (χ2v) is 11.2. The maximum atomic E-state index is 15.2. The summed E-state index contributed by atoms with van der Waals surface area (Å²) in [7, 11) is 0. The Bertz CT molecular complexity index is 1410. The molecule has 0 aromatic heterocycles. The van der Waals surface area contributed by atoms with Crippen LogP contribution in [-0.2, 0) is 4.79 Å². The highest BCUT2D eigenvalue weighted by molar-refractivity contribution is 6.26. The van der Waals surface area contributed by atoms with E-state index < -0.39 is 17.8 Å². The lowest BCUT2D eigenvalue weighted by atomic mass is 9.50. The average molecular weight is 497 g/mol. The van der Waals surface area contributed by atoms with Crippen LogP contribution in [0.5, 0.6) is 0 Å². The number of hydrazone groups is 1. The SMILES string of the molecule is N#Cc1ccc(C2=CC(=O)N3N=C(C4C5CC6CC(C5)CC4C6)C(c4ccc(F)cc4F)=CC3N2)cc1. The first-order chi connectivity index (χ1) is 18.0. The van der Waals surface area contributed by atoms with Gasteiger partial charge >= 0.3 is 0 Å². The van der Waals surface area contributed by atoms with Gasteiger partial charge in [-0.15, -0.1) is 0 Å². The number of rotatable bonds is 3. The number of nitrogens with zero attached hydrogens (tertiary/aromatic N) is 3. The number of benzene rings is 2. The molecule has 4 saturated carbocycles. The lowest BCUT2D eigenvalue weighted by Crippen LogP contribution is -2.53. The van der Waals surface area contributed by atoms with Gasteiger partial charge in [0.2, 0.25) is 0 Å². The zero-order chi connectivity index (χ0) is 25.3. The van der Waals surface area contributed by atoms with Crippen LogP contribution in [0.4, 0.5) is 8.78 Å². The molecule has 6 aliphatic rings. The predicted octanol–water partition coefficient (Wildman–Crippen LogP) is 5.46. The molecular formula is C30H26F2N4O. The normalized spacial score (nSPS) is 31.6. The molecule has 2 heterocycles. The topological polar surface area (TPSA) is 68.5 Å². The third kappa shape index (κ3) is 3.69. The van der Waals surface area contributed by atoms with Crippen molar-refractivity contribution >= 4 is 22.9 Å². The molecule has 1 amide bonds. The van der Waals surface area contributed by atoms with Crippen molar-refractivity contribution in [3.63, 3.8) is 0 Å². The van der Waals surface area contributed by atoms with Gasteiger partial charge in [-0.2, -0.15) is 10.4 Å². The number of allylic oxidation sites excluding steroid dienone is 1. The van der Waals surface area contributed by atoms with E-state index in [1.165, 1.54) is 29.6 Å². The van der Waals surface area contributed by atoms with Crippen LogP contribution in [0.15, 0.2) is 59.7 Å². The molecule has 7 heteroatoms. The number of carbonyl (C=O) groups excluding carboxylic acids is 1. The van der Waals surface area contributed by atoms with Gasteiger partial charge < -0.3 is 5.32 Å². The molecule has 0 spiro atoms. The Hall–Kier alpha value is -3.79. The Kier molecular flexibility index (Phi) is 5.07. The first-order valence-corrected chi connectivity index (χ1v) is 13.0. The molecule has 1 N–H and O–H groups in total. The molecule has 37 heavy (non-hydrogen) atoms. The summed E-state index contributed by atoms with van der Waals surface area (Å²) in [6, 6.07) is 12.8. The Labute approximate surface area is 214 Å². The highest BCUT2D eigenvalue weighted by Crippen LogP contribution is 2.58. The first-order valence-electron chi connectivity index (χ1n) is 13.0. The van der Waals surface area contributed by atoms with Crippen LogP contribution >= 0.6 is 0 Å². The molecule has 0 saturated heterocycles. The molecule has 4 bridgehead atoms. The summed E-state index contributed by atoms with van der Waals surface area (Å²) in [4.78, 5) is 13.3. The number of nitriles is 1. The number of carbonyl (C=O) groups is 1. The van der Waals surface area contributed by atoms with Gasteiger partial charge in [-0.05, 0) is 91.7 Å². The van der Waals surface area contributed by atoms with E-state index >= 15 is 4.39 Å². The van der Waals surface area contributed by atoms with E-state index in [4.69, 9.17) is 10.4 Å². The number of nitrogens with one attached hydrogen (secondary N) is 1. The highest BCUT2D eigenvalue weighted by atomic mass is 19.1. The van der Waals surface area contributed by atoms with Gasteiger partial charge in [0.1, 0.15) is 17.8 Å².